The van der Waals surface area contributed by atoms with Crippen LogP contribution in [0, 0.1) is 16.7 Å². The maximum absolute atomic E-state index is 12.1. The Kier molecular flexibility index (Phi) is 4.30. The Morgan fingerprint density at radius 1 is 1.54 bits per heavy atom. The van der Waals surface area contributed by atoms with Crippen molar-refractivity contribution in [1.29, 1.82) is 10.7 Å². The fraction of sp³-hybridized carbons (Fsp3) is 0.471. The highest BCUT2D eigenvalue weighted by molar-refractivity contribution is 6.01. The van der Waals surface area contributed by atoms with Crippen molar-refractivity contribution >= 4 is 17.6 Å². The van der Waals surface area contributed by atoms with Crippen LogP contribution in [0.2, 0.25) is 0 Å². The molecule has 1 spiro atoms. The Labute approximate surface area is 141 Å². The number of piperidine rings is 1. The third kappa shape index (κ3) is 2.64. The van der Waals surface area contributed by atoms with Gasteiger partial charge in [0, 0.05) is 25.8 Å². The summed E-state index contributed by atoms with van der Waals surface area (Å²) in [6.45, 7) is 5.83. The fourth-order valence-corrected chi connectivity index (χ4v) is 3.78. The van der Waals surface area contributed by atoms with Gasteiger partial charge in [-0.3, -0.25) is 10.2 Å². The molecule has 2 fully saturated rings. The number of nitrogens with one attached hydrogen (secondary N) is 3. The lowest BCUT2D eigenvalue weighted by atomic mass is 9.77. The molecule has 1 atom stereocenters. The molecule has 2 saturated heterocycles. The number of rotatable bonds is 4. The predicted molar refractivity (Wildman–Crippen MR) is 91.5 cm³/mol. The number of aromatic nitrogens is 1. The van der Waals surface area contributed by atoms with Gasteiger partial charge in [0.25, 0.3) is 0 Å². The number of likely N-dealkylation sites (tertiary alicyclic amines) is 2. The molecule has 0 aromatic carbocycles. The second-order valence-electron chi connectivity index (χ2n) is 6.34. The summed E-state index contributed by atoms with van der Waals surface area (Å²) in [5, 5.41) is 20.4. The van der Waals surface area contributed by atoms with Gasteiger partial charge in [-0.2, -0.15) is 5.26 Å². The van der Waals surface area contributed by atoms with E-state index in [2.05, 4.69) is 16.9 Å². The molecule has 7 heteroatoms. The van der Waals surface area contributed by atoms with Crippen molar-refractivity contribution in [2.45, 2.75) is 31.2 Å². The largest absolute Gasteiger partial charge is 0.354 e. The zero-order valence-electron chi connectivity index (χ0n) is 13.6. The Bertz CT molecular complexity index is 702. The first-order valence-corrected chi connectivity index (χ1v) is 8.17. The molecule has 1 aromatic rings. The van der Waals surface area contributed by atoms with Crippen LogP contribution in [-0.4, -0.2) is 51.7 Å². The van der Waals surface area contributed by atoms with Gasteiger partial charge in [0.15, 0.2) is 0 Å². The van der Waals surface area contributed by atoms with Crippen molar-refractivity contribution in [3.63, 3.8) is 0 Å². The second kappa shape index (κ2) is 6.40. The van der Waals surface area contributed by atoms with Gasteiger partial charge >= 0.3 is 0 Å². The second-order valence-corrected chi connectivity index (χ2v) is 6.34. The number of nitrogens with zero attached hydrogens (tertiary/aromatic N) is 3. The van der Waals surface area contributed by atoms with Crippen molar-refractivity contribution in [2.75, 3.05) is 25.0 Å². The molecule has 1 aromatic heterocycles. The molecule has 3 heterocycles. The van der Waals surface area contributed by atoms with E-state index in [0.717, 1.165) is 43.7 Å². The van der Waals surface area contributed by atoms with Gasteiger partial charge in [0.2, 0.25) is 5.91 Å². The summed E-state index contributed by atoms with van der Waals surface area (Å²) < 4.78 is 0. The highest BCUT2D eigenvalue weighted by atomic mass is 16.2. The molecular weight excluding hydrogens is 304 g/mol. The molecule has 1 amide bonds. The highest BCUT2D eigenvalue weighted by Crippen LogP contribution is 2.39. The molecule has 0 aliphatic carbocycles. The molecule has 0 bridgehead atoms. The van der Waals surface area contributed by atoms with Gasteiger partial charge < -0.3 is 20.1 Å². The Balaban J connectivity index is 1.75. The molecule has 2 aliphatic rings. The molecular formula is C17H22N6O. The van der Waals surface area contributed by atoms with E-state index in [1.807, 2.05) is 21.9 Å². The maximum Gasteiger partial charge on any atom is 0.237 e. The molecule has 0 radical (unpaired) electrons. The van der Waals surface area contributed by atoms with Crippen LogP contribution < -0.4 is 5.32 Å². The van der Waals surface area contributed by atoms with Gasteiger partial charge in [-0.05, 0) is 31.5 Å². The summed E-state index contributed by atoms with van der Waals surface area (Å²) in [6.07, 6.45) is 6.13. The standard InChI is InChI=1S/C17H22N6O/c1-2-20-16-13(5-9-21-16)15(19)22-10-3-6-17(12-22)7-11-23(17)14(24)4-8-18/h2,5,9,19-21H,1,3-4,6-7,10-12H2/t17-/m1/s1. The number of aromatic amines is 1. The molecule has 126 valence electrons. The van der Waals surface area contributed by atoms with Crippen LogP contribution in [0.4, 0.5) is 5.82 Å². The monoisotopic (exact) mass is 326 g/mol. The first kappa shape index (κ1) is 16.1. The van der Waals surface area contributed by atoms with Gasteiger partial charge in [-0.1, -0.05) is 6.58 Å². The average molecular weight is 326 g/mol. The number of carbonyl (C=O) groups is 1. The van der Waals surface area contributed by atoms with Gasteiger partial charge in [0.1, 0.15) is 18.1 Å². The molecule has 0 saturated carbocycles. The van der Waals surface area contributed by atoms with Crippen LogP contribution in [0.3, 0.4) is 0 Å². The number of carbonyl (C=O) groups excluding carboxylic acids is 1. The quantitative estimate of drug-likeness (QED) is 0.581. The zero-order chi connectivity index (χ0) is 17.2. The van der Waals surface area contributed by atoms with Crippen LogP contribution in [0.25, 0.3) is 0 Å². The summed E-state index contributed by atoms with van der Waals surface area (Å²) in [5.41, 5.74) is 0.585. The normalized spacial score (nSPS) is 22.6. The maximum atomic E-state index is 12.1. The summed E-state index contributed by atoms with van der Waals surface area (Å²) in [5.74, 6) is 1.10. The minimum atomic E-state index is -0.208. The lowest BCUT2D eigenvalue weighted by Gasteiger charge is -2.57. The van der Waals surface area contributed by atoms with Crippen LogP contribution in [0.5, 0.6) is 0 Å². The average Bonchev–Trinajstić information content (AvgIpc) is 3.02. The number of anilines is 1. The number of hydrogen-bond donors (Lipinski definition) is 3. The van der Waals surface area contributed by atoms with Crippen molar-refractivity contribution in [3.05, 3.63) is 30.6 Å². The lowest BCUT2D eigenvalue weighted by molar-refractivity contribution is -0.150. The topological polar surface area (TPSA) is 99.0 Å². The van der Waals surface area contributed by atoms with Crippen LogP contribution >= 0.6 is 0 Å². The van der Waals surface area contributed by atoms with Crippen molar-refractivity contribution in [3.8, 4) is 6.07 Å². The van der Waals surface area contributed by atoms with E-state index in [1.54, 1.807) is 12.4 Å². The minimum Gasteiger partial charge on any atom is -0.354 e. The Morgan fingerprint density at radius 2 is 2.38 bits per heavy atom. The smallest absolute Gasteiger partial charge is 0.237 e. The summed E-state index contributed by atoms with van der Waals surface area (Å²) in [7, 11) is 0. The van der Waals surface area contributed by atoms with Gasteiger partial charge in [-0.25, -0.2) is 0 Å². The molecule has 0 unspecified atom stereocenters. The molecule has 2 aliphatic heterocycles. The third-order valence-electron chi connectivity index (χ3n) is 5.02. The van der Waals surface area contributed by atoms with Gasteiger partial charge in [0.05, 0.1) is 17.2 Å². The van der Waals surface area contributed by atoms with Crippen molar-refractivity contribution < 1.29 is 4.79 Å². The predicted octanol–water partition coefficient (Wildman–Crippen LogP) is 1.88. The summed E-state index contributed by atoms with van der Waals surface area (Å²) in [4.78, 5) is 19.1. The zero-order valence-corrected chi connectivity index (χ0v) is 13.6. The van der Waals surface area contributed by atoms with Gasteiger partial charge in [-0.15, -0.1) is 0 Å². The van der Waals surface area contributed by atoms with E-state index in [0.29, 0.717) is 12.4 Å². The Morgan fingerprint density at radius 3 is 3.04 bits per heavy atom. The fourth-order valence-electron chi connectivity index (χ4n) is 3.78. The summed E-state index contributed by atoms with van der Waals surface area (Å²) >= 11 is 0. The van der Waals surface area contributed by atoms with Crippen molar-refractivity contribution in [2.24, 2.45) is 0 Å². The van der Waals surface area contributed by atoms with Crippen LogP contribution in [0.15, 0.2) is 25.0 Å². The van der Waals surface area contributed by atoms with E-state index in [-0.39, 0.29) is 17.9 Å². The van der Waals surface area contributed by atoms with Crippen LogP contribution in [0.1, 0.15) is 31.2 Å². The molecule has 3 N–H and O–H groups in total. The van der Waals surface area contributed by atoms with E-state index in [9.17, 15) is 4.79 Å². The van der Waals surface area contributed by atoms with E-state index < -0.39 is 0 Å². The number of H-pyrrole nitrogens is 1. The van der Waals surface area contributed by atoms with Crippen LogP contribution in [-0.2, 0) is 4.79 Å². The molecule has 3 rings (SSSR count). The summed E-state index contributed by atoms with van der Waals surface area (Å²) in [6, 6.07) is 3.82. The molecule has 24 heavy (non-hydrogen) atoms. The molecule has 7 nitrogen and oxygen atoms in total. The highest BCUT2D eigenvalue weighted by Gasteiger charge is 2.49. The van der Waals surface area contributed by atoms with E-state index in [4.69, 9.17) is 10.7 Å². The van der Waals surface area contributed by atoms with Crippen molar-refractivity contribution in [1.82, 2.24) is 14.8 Å². The minimum absolute atomic E-state index is 0.0651. The van der Waals surface area contributed by atoms with E-state index in [1.165, 1.54) is 0 Å². The SMILES string of the molecule is C=CNc1[nH]ccc1C(=N)N1CCC[C@@]2(CCN2C(=O)CC#N)C1. The van der Waals surface area contributed by atoms with E-state index >= 15 is 0 Å². The lowest BCUT2D eigenvalue weighted by Crippen LogP contribution is -2.68. The number of hydrogen-bond acceptors (Lipinski definition) is 4. The first-order valence-electron chi connectivity index (χ1n) is 8.17. The first-order chi connectivity index (χ1) is 11.6. The third-order valence-corrected chi connectivity index (χ3v) is 5.02. The Hall–Kier alpha value is -2.75. The number of nitriles is 1. The number of amidine groups is 1. The number of amides is 1.